The van der Waals surface area contributed by atoms with Gasteiger partial charge >= 0.3 is 5.97 Å². The molecule has 11 rings (SSSR count). The van der Waals surface area contributed by atoms with Gasteiger partial charge in [-0.3, -0.25) is 24.4 Å². The maximum absolute atomic E-state index is 14.5. The molecule has 3 saturated heterocycles. The molecule has 8 bridgehead atoms. The zero-order chi connectivity index (χ0) is 42.7. The highest BCUT2D eigenvalue weighted by atomic mass is 32.1. The number of nitrogens with one attached hydrogen (secondary N) is 2. The molecular formula is C48H61N7O5S. The Labute approximate surface area is 363 Å². The van der Waals surface area contributed by atoms with Crippen molar-refractivity contribution in [3.8, 4) is 22.5 Å². The third kappa shape index (κ3) is 6.93. The number of methoxy groups -OCH3 is 1. The number of ether oxygens (including phenoxy) is 2. The highest BCUT2D eigenvalue weighted by Crippen LogP contribution is 2.59. The standard InChI is InChI=1S/C48H61N7O5S/c1-9-54-38-11-10-28-16-33(38)35(43(54)34-17-30(21-49-41(34)27(4)59-8)48-12-13-53(7)22-31(48)19-48)20-47(5,6)24-60-46(58)42-29-14-32(15-29)55(52-42)45(57)36(18-39-50-37(28)23-61-39)51-44(56)40-25(2)26(40)3/h10-11,16-17,21,23,25-27,29,31-32,36,40,42,52H,9,12-15,18-20,22,24H2,1-8H3,(H,51,56)/t25-,26+,27-,29?,31?,32?,36-,40?,42-,48?/m0/s1. The maximum atomic E-state index is 14.5. The molecule has 4 aromatic rings. The Kier molecular flexibility index (Phi) is 10.0. The summed E-state index contributed by atoms with van der Waals surface area (Å²) in [5, 5.41) is 8.72. The summed E-state index contributed by atoms with van der Waals surface area (Å²) in [4.78, 5) is 55.0. The van der Waals surface area contributed by atoms with E-state index < -0.39 is 17.5 Å². The number of thiazole rings is 1. The van der Waals surface area contributed by atoms with Crippen LogP contribution in [0.4, 0.5) is 0 Å². The first-order chi connectivity index (χ1) is 29.2. The number of hydrazine groups is 1. The van der Waals surface area contributed by atoms with Gasteiger partial charge in [-0.1, -0.05) is 33.8 Å². The highest BCUT2D eigenvalue weighted by molar-refractivity contribution is 7.10. The number of rotatable bonds is 7. The third-order valence-electron chi connectivity index (χ3n) is 15.7. The molecule has 61 heavy (non-hydrogen) atoms. The molecular weight excluding hydrogens is 787 g/mol. The van der Waals surface area contributed by atoms with Crippen molar-refractivity contribution in [2.24, 2.45) is 35.0 Å². The maximum Gasteiger partial charge on any atom is 0.325 e. The molecule has 13 heteroatoms. The van der Waals surface area contributed by atoms with Crippen molar-refractivity contribution >= 4 is 40.0 Å². The Morgan fingerprint density at radius 1 is 1.16 bits per heavy atom. The van der Waals surface area contributed by atoms with Gasteiger partial charge in [0.05, 0.1) is 34.8 Å². The number of hydrogen-bond donors (Lipinski definition) is 2. The predicted molar refractivity (Wildman–Crippen MR) is 235 cm³/mol. The summed E-state index contributed by atoms with van der Waals surface area (Å²) in [6, 6.07) is 7.55. The molecule has 0 radical (unpaired) electrons. The van der Waals surface area contributed by atoms with Gasteiger partial charge in [-0.15, -0.1) is 11.3 Å². The first-order valence-corrected chi connectivity index (χ1v) is 23.5. The van der Waals surface area contributed by atoms with Crippen LogP contribution < -0.4 is 10.7 Å². The summed E-state index contributed by atoms with van der Waals surface area (Å²) in [7, 11) is 3.98. The van der Waals surface area contributed by atoms with Gasteiger partial charge < -0.3 is 24.3 Å². The summed E-state index contributed by atoms with van der Waals surface area (Å²) >= 11 is 1.51. The second-order valence-corrected chi connectivity index (χ2v) is 21.1. The molecule has 2 N–H and O–H groups in total. The van der Waals surface area contributed by atoms with Crippen molar-refractivity contribution < 1.29 is 23.9 Å². The van der Waals surface area contributed by atoms with Gasteiger partial charge in [0.25, 0.3) is 5.91 Å². The van der Waals surface area contributed by atoms with Crippen molar-refractivity contribution in [3.63, 3.8) is 0 Å². The first kappa shape index (κ1) is 40.9. The number of amides is 2. The lowest BCUT2D eigenvalue weighted by atomic mass is 9.73. The quantitative estimate of drug-likeness (QED) is 0.195. The van der Waals surface area contributed by atoms with Crippen LogP contribution >= 0.6 is 11.3 Å². The van der Waals surface area contributed by atoms with Gasteiger partial charge in [-0.2, -0.15) is 0 Å². The van der Waals surface area contributed by atoms with E-state index in [-0.39, 0.29) is 72.0 Å². The number of aryl methyl sites for hydroxylation is 1. The fraction of sp³-hybridized carbons (Fsp3) is 0.604. The van der Waals surface area contributed by atoms with Gasteiger partial charge in [0.2, 0.25) is 5.91 Å². The highest BCUT2D eigenvalue weighted by Gasteiger charge is 2.57. The predicted octanol–water partition coefficient (Wildman–Crippen LogP) is 6.70. The topological polar surface area (TPSA) is 131 Å². The normalized spacial score (nSPS) is 32.4. The molecule has 3 aliphatic carbocycles. The van der Waals surface area contributed by atoms with Crippen LogP contribution in [0.2, 0.25) is 0 Å². The molecule has 2 amide bonds. The van der Waals surface area contributed by atoms with Crippen molar-refractivity contribution in [3.05, 3.63) is 57.7 Å². The summed E-state index contributed by atoms with van der Waals surface area (Å²) < 4.78 is 14.7. The number of likely N-dealkylation sites (tertiary alicyclic amines) is 1. The van der Waals surface area contributed by atoms with Crippen molar-refractivity contribution in [2.75, 3.05) is 33.9 Å². The number of pyridine rings is 1. The van der Waals surface area contributed by atoms with E-state index in [1.165, 1.54) is 28.9 Å². The van der Waals surface area contributed by atoms with Gasteiger partial charge in [0, 0.05) is 83.0 Å². The van der Waals surface area contributed by atoms with E-state index in [1.54, 1.807) is 12.1 Å². The number of benzene rings is 1. The molecule has 324 valence electrons. The largest absolute Gasteiger partial charge is 0.464 e. The lowest BCUT2D eigenvalue weighted by molar-refractivity contribution is -0.171. The Morgan fingerprint density at radius 2 is 1.95 bits per heavy atom. The van der Waals surface area contributed by atoms with Gasteiger partial charge in [0.15, 0.2) is 0 Å². The van der Waals surface area contributed by atoms with E-state index in [0.29, 0.717) is 12.3 Å². The number of carbonyl (C=O) groups is 3. The molecule has 1 aromatic carbocycles. The summed E-state index contributed by atoms with van der Waals surface area (Å²) in [5.41, 5.74) is 11.6. The van der Waals surface area contributed by atoms with Crippen LogP contribution in [-0.4, -0.2) is 94.2 Å². The SMILES string of the molecule is CCn1c(-c2cc(C34CCN(C)CC3C4)cnc2[C@H](C)OC)c2c3cc(ccc31)-c1csc(n1)C[C@H](NC(=O)C1[C@@H](C)[C@H]1C)C(=O)N1N[C@H](C(=O)OCC(C)(C)C2)C2CC1C2. The molecule has 0 spiro atoms. The molecule has 7 aliphatic rings. The lowest BCUT2D eigenvalue weighted by Gasteiger charge is -2.53. The van der Waals surface area contributed by atoms with E-state index in [1.807, 2.05) is 0 Å². The number of aromatic nitrogens is 3. The van der Waals surface area contributed by atoms with Gasteiger partial charge in [-0.25, -0.2) is 10.4 Å². The van der Waals surface area contributed by atoms with E-state index in [0.717, 1.165) is 83.0 Å². The van der Waals surface area contributed by atoms with Crippen LogP contribution in [0, 0.1) is 35.0 Å². The van der Waals surface area contributed by atoms with E-state index in [9.17, 15) is 14.4 Å². The minimum atomic E-state index is -0.825. The fourth-order valence-corrected chi connectivity index (χ4v) is 12.2. The van der Waals surface area contributed by atoms with Crippen molar-refractivity contribution in [1.29, 1.82) is 0 Å². The Balaban J connectivity index is 1.10. The van der Waals surface area contributed by atoms with Crippen LogP contribution in [0.5, 0.6) is 0 Å². The number of cyclic esters (lactones) is 1. The molecule has 6 fully saturated rings. The monoisotopic (exact) mass is 847 g/mol. The summed E-state index contributed by atoms with van der Waals surface area (Å²) in [6.45, 7) is 15.9. The molecule has 7 heterocycles. The number of esters is 1. The third-order valence-corrected chi connectivity index (χ3v) is 16.5. The molecule has 3 unspecified atom stereocenters. The zero-order valence-electron chi connectivity index (χ0n) is 36.9. The van der Waals surface area contributed by atoms with Crippen LogP contribution in [-0.2, 0) is 48.7 Å². The number of fused-ring (bicyclic) bond motifs is 5. The second kappa shape index (κ2) is 15.0. The van der Waals surface area contributed by atoms with E-state index in [4.69, 9.17) is 19.4 Å². The zero-order valence-corrected chi connectivity index (χ0v) is 37.7. The molecule has 3 saturated carbocycles. The number of hydrogen-bond acceptors (Lipinski definition) is 10. The summed E-state index contributed by atoms with van der Waals surface area (Å²) in [6.07, 6.45) is 6.54. The number of carbonyl (C=O) groups excluding carboxylic acids is 3. The average Bonchev–Trinajstić information content (AvgIpc) is 3.98. The lowest BCUT2D eigenvalue weighted by Crippen LogP contribution is -2.71. The molecule has 3 aromatic heterocycles. The first-order valence-electron chi connectivity index (χ1n) is 22.6. The molecule has 4 aliphatic heterocycles. The van der Waals surface area contributed by atoms with Crippen molar-refractivity contribution in [1.82, 2.24) is 35.2 Å². The van der Waals surface area contributed by atoms with Crippen LogP contribution in [0.15, 0.2) is 35.8 Å². The number of nitrogens with zero attached hydrogens (tertiary/aromatic N) is 5. The summed E-state index contributed by atoms with van der Waals surface area (Å²) in [5.74, 6) is 0.467. The van der Waals surface area contributed by atoms with Crippen LogP contribution in [0.3, 0.4) is 0 Å². The Hall–Kier alpha value is -4.17. The Morgan fingerprint density at radius 3 is 2.67 bits per heavy atom. The van der Waals surface area contributed by atoms with E-state index in [2.05, 4.69) is 105 Å². The second-order valence-electron chi connectivity index (χ2n) is 20.2. The van der Waals surface area contributed by atoms with Gasteiger partial charge in [0.1, 0.15) is 12.1 Å². The minimum absolute atomic E-state index is 0.0386. The van der Waals surface area contributed by atoms with Crippen molar-refractivity contribution in [2.45, 2.75) is 116 Å². The minimum Gasteiger partial charge on any atom is -0.464 e. The number of piperidine rings is 1. The van der Waals surface area contributed by atoms with Crippen LogP contribution in [0.1, 0.15) is 95.2 Å². The molecule has 8 atom stereocenters. The molecule has 12 nitrogen and oxygen atoms in total. The smallest absolute Gasteiger partial charge is 0.325 e. The average molecular weight is 848 g/mol. The van der Waals surface area contributed by atoms with E-state index >= 15 is 0 Å². The Bertz CT molecular complexity index is 2410. The van der Waals surface area contributed by atoms with Crippen LogP contribution in [0.25, 0.3) is 33.4 Å². The van der Waals surface area contributed by atoms with Gasteiger partial charge in [-0.05, 0) is 113 Å². The fourth-order valence-electron chi connectivity index (χ4n) is 11.4.